The zero-order chi connectivity index (χ0) is 13.1. The summed E-state index contributed by atoms with van der Waals surface area (Å²) in [7, 11) is 0. The zero-order valence-electron chi connectivity index (χ0n) is 9.29. The monoisotopic (exact) mass is 364 g/mol. The highest BCUT2D eigenvalue weighted by molar-refractivity contribution is 9.10. The van der Waals surface area contributed by atoms with Crippen LogP contribution in [0.5, 0.6) is 0 Å². The quantitative estimate of drug-likeness (QED) is 0.615. The largest absolute Gasteiger partial charge is 0.271 e. The van der Waals surface area contributed by atoms with E-state index in [2.05, 4.69) is 21.4 Å². The molecule has 1 heterocycles. The molecule has 1 aromatic carbocycles. The van der Waals surface area contributed by atoms with E-state index in [-0.39, 0.29) is 6.04 Å². The lowest BCUT2D eigenvalue weighted by Crippen LogP contribution is -2.29. The van der Waals surface area contributed by atoms with Crippen molar-refractivity contribution in [3.05, 3.63) is 54.6 Å². The summed E-state index contributed by atoms with van der Waals surface area (Å²) >= 11 is 17.5. The number of hydrogen-bond donors (Lipinski definition) is 2. The average molecular weight is 366 g/mol. The minimum absolute atomic E-state index is 0.0169. The van der Waals surface area contributed by atoms with Crippen LogP contribution in [0.4, 0.5) is 0 Å². The fourth-order valence-electron chi connectivity index (χ4n) is 1.71. The lowest BCUT2D eigenvalue weighted by Gasteiger charge is -2.17. The highest BCUT2D eigenvalue weighted by atomic mass is 79.9. The maximum absolute atomic E-state index is 6.17. The van der Waals surface area contributed by atoms with Crippen LogP contribution in [-0.4, -0.2) is 0 Å². The smallest absolute Gasteiger partial charge is 0.0605 e. The van der Waals surface area contributed by atoms with Gasteiger partial charge in [-0.15, -0.1) is 11.3 Å². The molecule has 18 heavy (non-hydrogen) atoms. The number of hydrogen-bond acceptors (Lipinski definition) is 3. The molecule has 0 saturated carbocycles. The Morgan fingerprint density at radius 3 is 2.44 bits per heavy atom. The fourth-order valence-corrected chi connectivity index (χ4v) is 3.98. The fraction of sp³-hybridized carbons (Fsp3) is 0.167. The predicted octanol–water partition coefficient (Wildman–Crippen LogP) is 4.56. The molecule has 0 spiro atoms. The van der Waals surface area contributed by atoms with Crippen LogP contribution in [0.3, 0.4) is 0 Å². The first kappa shape index (κ1) is 14.3. The number of rotatable bonds is 4. The predicted molar refractivity (Wildman–Crippen MR) is 82.2 cm³/mol. The Morgan fingerprint density at radius 2 is 1.94 bits per heavy atom. The van der Waals surface area contributed by atoms with Crippen molar-refractivity contribution < 1.29 is 0 Å². The first-order chi connectivity index (χ1) is 8.63. The molecule has 96 valence electrons. The lowest BCUT2D eigenvalue weighted by molar-refractivity contribution is 0.559. The van der Waals surface area contributed by atoms with Gasteiger partial charge in [0.05, 0.1) is 6.04 Å². The summed E-state index contributed by atoms with van der Waals surface area (Å²) in [6.45, 7) is 0. The molecule has 1 unspecified atom stereocenters. The van der Waals surface area contributed by atoms with Crippen LogP contribution in [0.1, 0.15) is 16.5 Å². The van der Waals surface area contributed by atoms with E-state index in [1.807, 2.05) is 29.6 Å². The number of nitrogens with two attached hydrogens (primary N) is 1. The Morgan fingerprint density at radius 1 is 1.28 bits per heavy atom. The molecule has 0 saturated heterocycles. The van der Waals surface area contributed by atoms with Crippen LogP contribution in [0.2, 0.25) is 10.0 Å². The van der Waals surface area contributed by atoms with Gasteiger partial charge in [0, 0.05) is 19.4 Å². The molecule has 2 rings (SSSR count). The van der Waals surface area contributed by atoms with Crippen molar-refractivity contribution >= 4 is 50.5 Å². The number of thiophene rings is 1. The van der Waals surface area contributed by atoms with Gasteiger partial charge in [0.1, 0.15) is 0 Å². The molecule has 0 amide bonds. The summed E-state index contributed by atoms with van der Waals surface area (Å²) in [4.78, 5) is 1.13. The Bertz CT molecular complexity index is 524. The highest BCUT2D eigenvalue weighted by Crippen LogP contribution is 2.34. The first-order valence-corrected chi connectivity index (χ1v) is 7.68. The third-order valence-corrected chi connectivity index (χ3v) is 5.33. The van der Waals surface area contributed by atoms with Crippen molar-refractivity contribution in [3.63, 3.8) is 0 Å². The van der Waals surface area contributed by atoms with Gasteiger partial charge in [-0.3, -0.25) is 11.3 Å². The molecule has 3 N–H and O–H groups in total. The average Bonchev–Trinajstić information content (AvgIpc) is 2.76. The molecule has 0 aliphatic heterocycles. The molecule has 0 aliphatic rings. The van der Waals surface area contributed by atoms with Gasteiger partial charge in [-0.2, -0.15) is 0 Å². The van der Waals surface area contributed by atoms with Crippen molar-refractivity contribution in [3.8, 4) is 0 Å². The standard InChI is InChI=1S/C12H11BrCl2N2S/c13-8-4-5-18-12(8)11(17-16)6-7-9(14)2-1-3-10(7)15/h1-5,11,17H,6,16H2. The van der Waals surface area contributed by atoms with E-state index < -0.39 is 0 Å². The van der Waals surface area contributed by atoms with Gasteiger partial charge in [-0.05, 0) is 51.5 Å². The number of halogens is 3. The van der Waals surface area contributed by atoms with Crippen LogP contribution in [0.15, 0.2) is 34.1 Å². The molecule has 0 aliphatic carbocycles. The number of nitrogens with one attached hydrogen (secondary N) is 1. The highest BCUT2D eigenvalue weighted by Gasteiger charge is 2.18. The lowest BCUT2D eigenvalue weighted by atomic mass is 10.1. The summed E-state index contributed by atoms with van der Waals surface area (Å²) in [5.74, 6) is 5.63. The summed E-state index contributed by atoms with van der Waals surface area (Å²) < 4.78 is 1.04. The molecule has 0 radical (unpaired) electrons. The summed E-state index contributed by atoms with van der Waals surface area (Å²) in [6.07, 6.45) is 0.647. The Kier molecular flexibility index (Phi) is 5.06. The minimum atomic E-state index is -0.0169. The molecule has 0 bridgehead atoms. The van der Waals surface area contributed by atoms with Crippen LogP contribution in [0, 0.1) is 0 Å². The van der Waals surface area contributed by atoms with Crippen molar-refractivity contribution in [1.82, 2.24) is 5.43 Å². The van der Waals surface area contributed by atoms with Gasteiger partial charge >= 0.3 is 0 Å². The van der Waals surface area contributed by atoms with Crippen LogP contribution in [0.25, 0.3) is 0 Å². The number of hydrazine groups is 1. The van der Waals surface area contributed by atoms with Crippen LogP contribution < -0.4 is 11.3 Å². The maximum atomic E-state index is 6.17. The molecule has 1 aromatic heterocycles. The molecule has 6 heteroatoms. The van der Waals surface area contributed by atoms with E-state index in [4.69, 9.17) is 29.0 Å². The van der Waals surface area contributed by atoms with E-state index in [1.54, 1.807) is 11.3 Å². The van der Waals surface area contributed by atoms with Crippen molar-refractivity contribution in [1.29, 1.82) is 0 Å². The second-order valence-corrected chi connectivity index (χ2v) is 6.37. The van der Waals surface area contributed by atoms with Gasteiger partial charge < -0.3 is 0 Å². The summed E-state index contributed by atoms with van der Waals surface area (Å²) in [5, 5.41) is 3.34. The van der Waals surface area contributed by atoms with E-state index in [1.165, 1.54) is 0 Å². The molecule has 2 aromatic rings. The third kappa shape index (κ3) is 3.07. The van der Waals surface area contributed by atoms with Crippen LogP contribution in [-0.2, 0) is 6.42 Å². The molecular weight excluding hydrogens is 355 g/mol. The van der Waals surface area contributed by atoms with Gasteiger partial charge in [0.15, 0.2) is 0 Å². The first-order valence-electron chi connectivity index (χ1n) is 5.25. The van der Waals surface area contributed by atoms with Gasteiger partial charge in [0.2, 0.25) is 0 Å². The molecule has 0 fully saturated rings. The second-order valence-electron chi connectivity index (χ2n) is 3.76. The van der Waals surface area contributed by atoms with Gasteiger partial charge in [0.25, 0.3) is 0 Å². The van der Waals surface area contributed by atoms with Gasteiger partial charge in [-0.25, -0.2) is 0 Å². The van der Waals surface area contributed by atoms with Crippen LogP contribution >= 0.6 is 50.5 Å². The van der Waals surface area contributed by atoms with Crippen molar-refractivity contribution in [2.24, 2.45) is 5.84 Å². The summed E-state index contributed by atoms with van der Waals surface area (Å²) in [6, 6.07) is 7.48. The maximum Gasteiger partial charge on any atom is 0.0605 e. The third-order valence-electron chi connectivity index (χ3n) is 2.63. The number of benzene rings is 1. The van der Waals surface area contributed by atoms with E-state index >= 15 is 0 Å². The summed E-state index contributed by atoms with van der Waals surface area (Å²) in [5.41, 5.74) is 3.72. The molecule has 2 nitrogen and oxygen atoms in total. The Balaban J connectivity index is 2.29. The zero-order valence-corrected chi connectivity index (χ0v) is 13.2. The Labute approximate surface area is 128 Å². The normalized spacial score (nSPS) is 12.7. The minimum Gasteiger partial charge on any atom is -0.271 e. The topological polar surface area (TPSA) is 38.0 Å². The van der Waals surface area contributed by atoms with E-state index in [0.29, 0.717) is 16.5 Å². The molecular formula is C12H11BrCl2N2S. The van der Waals surface area contributed by atoms with Crippen molar-refractivity contribution in [2.75, 3.05) is 0 Å². The van der Waals surface area contributed by atoms with Gasteiger partial charge in [-0.1, -0.05) is 29.3 Å². The Hall–Kier alpha value is -0.100. The van der Waals surface area contributed by atoms with E-state index in [0.717, 1.165) is 14.9 Å². The second kappa shape index (κ2) is 6.37. The molecule has 1 atom stereocenters. The van der Waals surface area contributed by atoms with E-state index in [9.17, 15) is 0 Å². The van der Waals surface area contributed by atoms with Crippen molar-refractivity contribution in [2.45, 2.75) is 12.5 Å². The SMILES string of the molecule is NNC(Cc1c(Cl)cccc1Cl)c1sccc1Br.